The fourth-order valence-corrected chi connectivity index (χ4v) is 12.7. The molecule has 0 bridgehead atoms. The maximum absolute atomic E-state index is 15.8. The Morgan fingerprint density at radius 3 is 2.38 bits per heavy atom. The summed E-state index contributed by atoms with van der Waals surface area (Å²) in [6, 6.07) is 12.0. The number of carbonyl (C=O) groups is 2. The second kappa shape index (κ2) is 16.3. The maximum Gasteiger partial charge on any atom is 0.329 e. The highest BCUT2D eigenvalue weighted by Gasteiger charge is 2.48. The molecule has 5 aromatic rings. The van der Waals surface area contributed by atoms with Crippen LogP contribution >= 0.6 is 0 Å². The van der Waals surface area contributed by atoms with E-state index in [1.165, 1.54) is 29.2 Å². The number of carbonyl (C=O) groups excluding carboxylic acids is 2. The third-order valence-corrected chi connectivity index (χ3v) is 16.5. The van der Waals surface area contributed by atoms with Crippen LogP contribution in [0.2, 0.25) is 0 Å². The third kappa shape index (κ3) is 7.55. The summed E-state index contributed by atoms with van der Waals surface area (Å²) in [6.45, 7) is 2.12. The summed E-state index contributed by atoms with van der Waals surface area (Å²) < 4.78 is 68.8. The molecule has 5 aliphatic rings. The summed E-state index contributed by atoms with van der Waals surface area (Å²) in [5, 5.41) is 17.1. The number of nitrogens with one attached hydrogen (secondary N) is 2. The molecule has 3 aromatic carbocycles. The van der Waals surface area contributed by atoms with E-state index in [0.717, 1.165) is 88.9 Å². The minimum Gasteiger partial charge on any atom is -0.453 e. The molecule has 0 atom stereocenters. The molecule has 3 saturated carbocycles. The monoisotopic (exact) mass is 893 g/mol. The number of piperidine rings is 1. The van der Waals surface area contributed by atoms with Gasteiger partial charge in [0.2, 0.25) is 15.9 Å². The molecule has 1 spiro atoms. The molecule has 3 amide bonds. The summed E-state index contributed by atoms with van der Waals surface area (Å²) in [5.41, 5.74) is 1.40. The van der Waals surface area contributed by atoms with E-state index >= 15 is 8.78 Å². The smallest absolute Gasteiger partial charge is 0.329 e. The largest absolute Gasteiger partial charge is 0.453 e. The average Bonchev–Trinajstić information content (AvgIpc) is 3.94. The van der Waals surface area contributed by atoms with Gasteiger partial charge >= 0.3 is 6.03 Å². The van der Waals surface area contributed by atoms with Crippen molar-refractivity contribution in [3.8, 4) is 17.6 Å². The predicted octanol–water partition coefficient (Wildman–Crippen LogP) is 7.50. The van der Waals surface area contributed by atoms with Gasteiger partial charge in [0.1, 0.15) is 23.2 Å². The van der Waals surface area contributed by atoms with Crippen molar-refractivity contribution in [3.63, 3.8) is 0 Å². The molecule has 2 N–H and O–H groups in total. The third-order valence-electron chi connectivity index (χ3n) is 14.7. The lowest BCUT2D eigenvalue weighted by atomic mass is 9.60. The zero-order valence-corrected chi connectivity index (χ0v) is 36.3. The molecule has 2 aliphatic heterocycles. The number of imide groups is 1. The number of amides is 3. The number of nitrogens with zero attached hydrogens (tertiary/aromatic N) is 7. The summed E-state index contributed by atoms with van der Waals surface area (Å²) >= 11 is 0. The molecule has 0 unspecified atom stereocenters. The second-order valence-corrected chi connectivity index (χ2v) is 20.4. The maximum atomic E-state index is 15.8. The number of fused-ring (bicyclic) bond motifs is 2. The van der Waals surface area contributed by atoms with Gasteiger partial charge in [-0.25, -0.2) is 27.0 Å². The second-order valence-electron chi connectivity index (χ2n) is 18.4. The number of sulfonamides is 1. The number of nitriles is 1. The van der Waals surface area contributed by atoms with Gasteiger partial charge < -0.3 is 9.64 Å². The molecule has 334 valence electrons. The fraction of sp³-hybridized carbons (Fsp3) is 0.478. The van der Waals surface area contributed by atoms with Crippen LogP contribution < -0.4 is 25.2 Å². The van der Waals surface area contributed by atoms with Gasteiger partial charge in [0.15, 0.2) is 17.4 Å². The van der Waals surface area contributed by atoms with Crippen LogP contribution in [0.3, 0.4) is 0 Å². The zero-order valence-electron chi connectivity index (χ0n) is 35.5. The minimum absolute atomic E-state index is 0.0212. The number of likely N-dealkylation sites (tertiary alicyclic amines) is 1. The Labute approximate surface area is 368 Å². The molecule has 64 heavy (non-hydrogen) atoms. The van der Waals surface area contributed by atoms with Gasteiger partial charge in [-0.05, 0) is 137 Å². The molecule has 2 aromatic heterocycles. The molecule has 18 heteroatoms. The Balaban J connectivity index is 0.762. The molecule has 15 nitrogen and oxygen atoms in total. The van der Waals surface area contributed by atoms with Crippen LogP contribution in [-0.4, -0.2) is 75.5 Å². The van der Waals surface area contributed by atoms with E-state index < -0.39 is 32.9 Å². The molecule has 0 radical (unpaired) electrons. The predicted molar refractivity (Wildman–Crippen MR) is 235 cm³/mol. The Bertz CT molecular complexity index is 2920. The standard InChI is InChI=1S/C46H49F2N9O6S/c1-54-40-22-32(37(48)21-34(40)43(52-54)56-17-14-41(58)51-45(56)60)27-6-8-28(9-7-27)55-18-15-46(16-19-55)23-29(24-46)57-26-50-38-12-10-30(20-33(38)44(57)59)63-42-35(25-49)39(13-11-36(42)47)53-64(61,62)31-4-2-3-5-31/h10-13,20-22,26-29,31,53H,2-9,14-19,23-24H2,1H3,(H,51,58,60). The first-order valence-electron chi connectivity index (χ1n) is 22.2. The Hall–Kier alpha value is -5.93. The van der Waals surface area contributed by atoms with E-state index in [0.29, 0.717) is 46.6 Å². The Morgan fingerprint density at radius 2 is 1.66 bits per heavy atom. The van der Waals surface area contributed by atoms with Crippen molar-refractivity contribution in [1.82, 2.24) is 29.5 Å². The van der Waals surface area contributed by atoms with Crippen LogP contribution in [0.4, 0.5) is 25.1 Å². The van der Waals surface area contributed by atoms with Gasteiger partial charge in [-0.3, -0.25) is 33.8 Å². The van der Waals surface area contributed by atoms with Crippen molar-refractivity contribution in [2.45, 2.75) is 107 Å². The minimum atomic E-state index is -3.79. The number of aromatic nitrogens is 4. The number of hydrogen-bond acceptors (Lipinski definition) is 10. The molecule has 4 heterocycles. The summed E-state index contributed by atoms with van der Waals surface area (Å²) in [7, 11) is -2.01. The highest BCUT2D eigenvalue weighted by Crippen LogP contribution is 2.55. The lowest BCUT2D eigenvalue weighted by molar-refractivity contribution is -0.120. The molecular formula is C46H49F2N9O6S. The zero-order chi connectivity index (χ0) is 44.5. The number of hydrogen-bond donors (Lipinski definition) is 2. The first-order valence-corrected chi connectivity index (χ1v) is 23.8. The van der Waals surface area contributed by atoms with Gasteiger partial charge in [-0.15, -0.1) is 0 Å². The van der Waals surface area contributed by atoms with E-state index in [2.05, 4.69) is 25.0 Å². The van der Waals surface area contributed by atoms with Crippen molar-refractivity contribution in [3.05, 3.63) is 81.9 Å². The van der Waals surface area contributed by atoms with Crippen molar-refractivity contribution < 1.29 is 31.5 Å². The summed E-state index contributed by atoms with van der Waals surface area (Å²) in [6.07, 6.45) is 11.8. The first-order chi connectivity index (χ1) is 30.8. The number of anilines is 2. The normalized spacial score (nSPS) is 22.2. The van der Waals surface area contributed by atoms with Crippen molar-refractivity contribution in [1.29, 1.82) is 5.26 Å². The van der Waals surface area contributed by atoms with E-state index in [1.54, 1.807) is 28.7 Å². The highest BCUT2D eigenvalue weighted by molar-refractivity contribution is 7.93. The molecule has 3 aliphatic carbocycles. The number of halogens is 2. The highest BCUT2D eigenvalue weighted by atomic mass is 32.2. The van der Waals surface area contributed by atoms with Crippen LogP contribution in [-0.2, 0) is 21.9 Å². The number of benzene rings is 3. The number of urea groups is 1. The first kappa shape index (κ1) is 42.0. The SMILES string of the molecule is Cn1nc(N2CCC(=O)NC2=O)c2cc(F)c(C3CCC(N4CCC5(CC4)CC(n4cnc6ccc(Oc7c(F)ccc(NS(=O)(=O)C8CCCC8)c7C#N)cc6c4=O)C5)CC3)cc21. The quantitative estimate of drug-likeness (QED) is 0.150. The number of rotatable bonds is 9. The fourth-order valence-electron chi connectivity index (χ4n) is 11.1. The van der Waals surface area contributed by atoms with E-state index in [-0.39, 0.29) is 64.6 Å². The van der Waals surface area contributed by atoms with Crippen LogP contribution in [0, 0.1) is 28.4 Å². The number of aryl methyl sites for hydroxylation is 1. The van der Waals surface area contributed by atoms with Crippen LogP contribution in [0.1, 0.15) is 107 Å². The Morgan fingerprint density at radius 1 is 0.906 bits per heavy atom. The van der Waals surface area contributed by atoms with Gasteiger partial charge in [0, 0.05) is 37.5 Å². The lowest BCUT2D eigenvalue weighted by Gasteiger charge is -2.54. The molecule has 5 fully saturated rings. The van der Waals surface area contributed by atoms with E-state index in [9.17, 15) is 28.1 Å². The van der Waals surface area contributed by atoms with Gasteiger partial charge in [0.25, 0.3) is 5.56 Å². The summed E-state index contributed by atoms with van der Waals surface area (Å²) in [4.78, 5) is 46.7. The molecular weight excluding hydrogens is 845 g/mol. The summed E-state index contributed by atoms with van der Waals surface area (Å²) in [5.74, 6) is -1.39. The number of ether oxygens (including phenoxy) is 1. The van der Waals surface area contributed by atoms with Gasteiger partial charge in [-0.1, -0.05) is 12.8 Å². The van der Waals surface area contributed by atoms with Crippen LogP contribution in [0.15, 0.2) is 53.6 Å². The van der Waals surface area contributed by atoms with Crippen molar-refractivity contribution >= 4 is 55.3 Å². The van der Waals surface area contributed by atoms with Gasteiger partial charge in [-0.2, -0.15) is 10.4 Å². The lowest BCUT2D eigenvalue weighted by Crippen LogP contribution is -2.51. The Kier molecular flexibility index (Phi) is 10.7. The van der Waals surface area contributed by atoms with Crippen molar-refractivity contribution in [2.24, 2.45) is 12.5 Å². The molecule has 2 saturated heterocycles. The average molecular weight is 894 g/mol. The van der Waals surface area contributed by atoms with Crippen LogP contribution in [0.25, 0.3) is 21.8 Å². The topological polar surface area (TPSA) is 185 Å². The van der Waals surface area contributed by atoms with Crippen LogP contribution in [0.5, 0.6) is 11.5 Å². The van der Waals surface area contributed by atoms with E-state index in [4.69, 9.17) is 4.74 Å². The van der Waals surface area contributed by atoms with E-state index in [1.807, 2.05) is 12.1 Å². The molecule has 10 rings (SSSR count). The van der Waals surface area contributed by atoms with Crippen molar-refractivity contribution in [2.75, 3.05) is 29.3 Å². The van der Waals surface area contributed by atoms with Gasteiger partial charge in [0.05, 0.1) is 33.7 Å².